The zero-order valence-corrected chi connectivity index (χ0v) is 23.6. The van der Waals surface area contributed by atoms with Crippen LogP contribution in [0.3, 0.4) is 0 Å². The van der Waals surface area contributed by atoms with Crippen LogP contribution in [-0.2, 0) is 36.5 Å². The van der Waals surface area contributed by atoms with Crippen molar-refractivity contribution in [2.75, 3.05) is 25.1 Å². The van der Waals surface area contributed by atoms with Gasteiger partial charge in [-0.25, -0.2) is 8.78 Å². The van der Waals surface area contributed by atoms with Crippen molar-refractivity contribution in [3.05, 3.63) is 76.4 Å². The highest BCUT2D eigenvalue weighted by Gasteiger charge is 2.51. The number of likely N-dealkylation sites (tertiary alicyclic amines) is 1. The maximum Gasteiger partial charge on any atom is 0.416 e. The third kappa shape index (κ3) is 4.78. The number of nitrogens with zero attached hydrogens (tertiary/aromatic N) is 5. The number of anilines is 1. The van der Waals surface area contributed by atoms with E-state index in [-0.39, 0.29) is 55.4 Å². The molecule has 0 bridgehead atoms. The standard InChI is InChI=1S/C30H32F5N5O2/c1-18-14-39(8-7-29(18,31)32)15-19-9-23-24(25(10-19)30(33,34)35)16-40(26(23)41)21-6-4-5-20(11-21)28(12-22(13-28)42-3)27-37-36-17-38(27)2/h4-6,9-11,17-18,22H,7-8,12-16H2,1-3H3/t18-,22?,28?/m1/s1. The largest absolute Gasteiger partial charge is 0.416 e. The lowest BCUT2D eigenvalue weighted by molar-refractivity contribution is -0.138. The van der Waals surface area contributed by atoms with Gasteiger partial charge in [-0.05, 0) is 53.8 Å². The Bertz CT molecular complexity index is 1510. The number of carbonyl (C=O) groups excluding carboxylic acids is 1. The maximum atomic E-state index is 14.3. The second-order valence-corrected chi connectivity index (χ2v) is 11.9. The van der Waals surface area contributed by atoms with Crippen molar-refractivity contribution in [3.63, 3.8) is 0 Å². The number of amides is 1. The Morgan fingerprint density at radius 2 is 1.90 bits per heavy atom. The number of ether oxygens (including phenoxy) is 1. The molecule has 12 heteroatoms. The number of aryl methyl sites for hydroxylation is 1. The molecule has 3 heterocycles. The van der Waals surface area contributed by atoms with Crippen molar-refractivity contribution in [2.45, 2.75) is 62.9 Å². The fourth-order valence-corrected chi connectivity index (χ4v) is 6.71. The number of fused-ring (bicyclic) bond motifs is 1. The number of hydrogen-bond acceptors (Lipinski definition) is 5. The molecule has 2 fully saturated rings. The van der Waals surface area contributed by atoms with Crippen LogP contribution in [0, 0.1) is 5.92 Å². The molecule has 2 aromatic carbocycles. The number of halogens is 5. The van der Waals surface area contributed by atoms with Crippen molar-refractivity contribution in [1.29, 1.82) is 0 Å². The van der Waals surface area contributed by atoms with Crippen LogP contribution in [0.1, 0.15) is 64.6 Å². The Morgan fingerprint density at radius 3 is 2.55 bits per heavy atom. The van der Waals surface area contributed by atoms with E-state index >= 15 is 0 Å². The van der Waals surface area contributed by atoms with Crippen LogP contribution >= 0.6 is 0 Å². The summed E-state index contributed by atoms with van der Waals surface area (Å²) in [5, 5.41) is 8.38. The van der Waals surface area contributed by atoms with E-state index in [1.165, 1.54) is 17.9 Å². The van der Waals surface area contributed by atoms with Crippen molar-refractivity contribution in [3.8, 4) is 0 Å². The number of piperidine rings is 1. The van der Waals surface area contributed by atoms with E-state index in [0.717, 1.165) is 17.5 Å². The molecule has 3 aromatic rings. The normalized spacial score (nSPS) is 25.9. The fraction of sp³-hybridized carbons (Fsp3) is 0.500. The number of benzene rings is 2. The second-order valence-electron chi connectivity index (χ2n) is 11.9. The van der Waals surface area contributed by atoms with Gasteiger partial charge in [0.25, 0.3) is 11.8 Å². The average molecular weight is 590 g/mol. The molecule has 6 rings (SSSR count). The first-order valence-electron chi connectivity index (χ1n) is 14.0. The zero-order chi connectivity index (χ0) is 30.0. The van der Waals surface area contributed by atoms with Crippen LogP contribution < -0.4 is 4.90 Å². The number of hydrogen-bond donors (Lipinski definition) is 0. The lowest BCUT2D eigenvalue weighted by atomic mass is 9.62. The average Bonchev–Trinajstić information content (AvgIpc) is 3.49. The maximum absolute atomic E-state index is 14.3. The molecule has 0 spiro atoms. The molecular weight excluding hydrogens is 557 g/mol. The van der Waals surface area contributed by atoms with E-state index in [4.69, 9.17) is 4.74 Å². The van der Waals surface area contributed by atoms with Gasteiger partial charge in [-0.2, -0.15) is 13.2 Å². The first-order valence-corrected chi connectivity index (χ1v) is 14.0. The number of aromatic nitrogens is 3. The summed E-state index contributed by atoms with van der Waals surface area (Å²) in [6, 6.07) is 9.83. The van der Waals surface area contributed by atoms with E-state index in [1.54, 1.807) is 30.5 Å². The molecule has 42 heavy (non-hydrogen) atoms. The highest BCUT2D eigenvalue weighted by molar-refractivity contribution is 6.10. The van der Waals surface area contributed by atoms with Gasteiger partial charge in [-0.3, -0.25) is 9.69 Å². The van der Waals surface area contributed by atoms with Gasteiger partial charge in [0, 0.05) is 57.4 Å². The molecule has 224 valence electrons. The highest BCUT2D eigenvalue weighted by Crippen LogP contribution is 2.50. The molecule has 1 atom stereocenters. The predicted molar refractivity (Wildman–Crippen MR) is 144 cm³/mol. The highest BCUT2D eigenvalue weighted by atomic mass is 19.4. The lowest BCUT2D eigenvalue weighted by Crippen LogP contribution is -2.48. The molecule has 1 saturated heterocycles. The molecule has 2 aliphatic heterocycles. The van der Waals surface area contributed by atoms with Gasteiger partial charge < -0.3 is 14.2 Å². The lowest BCUT2D eigenvalue weighted by Gasteiger charge is -2.46. The predicted octanol–water partition coefficient (Wildman–Crippen LogP) is 5.57. The van der Waals surface area contributed by atoms with E-state index < -0.39 is 34.9 Å². The molecular formula is C30H32F5N5O2. The number of carbonyl (C=O) groups is 1. The Balaban J connectivity index is 1.32. The van der Waals surface area contributed by atoms with E-state index in [0.29, 0.717) is 18.5 Å². The number of rotatable bonds is 6. The van der Waals surface area contributed by atoms with Gasteiger partial charge in [0.05, 0.1) is 23.6 Å². The van der Waals surface area contributed by atoms with E-state index in [9.17, 15) is 26.7 Å². The summed E-state index contributed by atoms with van der Waals surface area (Å²) in [7, 11) is 3.50. The molecule has 0 radical (unpaired) electrons. The Hall–Kier alpha value is -3.38. The topological polar surface area (TPSA) is 63.5 Å². The molecule has 3 aliphatic rings. The van der Waals surface area contributed by atoms with E-state index in [2.05, 4.69) is 10.2 Å². The minimum absolute atomic E-state index is 0.00767. The van der Waals surface area contributed by atoms with Crippen molar-refractivity contribution in [1.82, 2.24) is 19.7 Å². The summed E-state index contributed by atoms with van der Waals surface area (Å²) < 4.78 is 78.2. The Kier molecular flexibility index (Phi) is 6.92. The fourth-order valence-electron chi connectivity index (χ4n) is 6.71. The Morgan fingerprint density at radius 1 is 1.14 bits per heavy atom. The third-order valence-electron chi connectivity index (χ3n) is 9.16. The van der Waals surface area contributed by atoms with Crippen LogP contribution in [0.4, 0.5) is 27.6 Å². The van der Waals surface area contributed by atoms with Gasteiger partial charge in [-0.15, -0.1) is 10.2 Å². The van der Waals surface area contributed by atoms with Crippen LogP contribution in [0.5, 0.6) is 0 Å². The van der Waals surface area contributed by atoms with Crippen LogP contribution in [0.2, 0.25) is 0 Å². The summed E-state index contributed by atoms with van der Waals surface area (Å²) >= 11 is 0. The first kappa shape index (κ1) is 28.7. The van der Waals surface area contributed by atoms with Crippen LogP contribution in [-0.4, -0.2) is 57.8 Å². The summed E-state index contributed by atoms with van der Waals surface area (Å²) in [5.41, 5.74) is 0.181. The molecule has 1 saturated carbocycles. The quantitative estimate of drug-likeness (QED) is 0.352. The van der Waals surface area contributed by atoms with Gasteiger partial charge in [0.1, 0.15) is 12.2 Å². The zero-order valence-electron chi connectivity index (χ0n) is 23.6. The summed E-state index contributed by atoms with van der Waals surface area (Å²) in [6.45, 7) is 1.41. The number of methoxy groups -OCH3 is 1. The van der Waals surface area contributed by atoms with Crippen molar-refractivity contribution < 1.29 is 31.5 Å². The first-order chi connectivity index (χ1) is 19.8. The summed E-state index contributed by atoms with van der Waals surface area (Å²) in [5.74, 6) is -3.49. The molecule has 0 unspecified atom stereocenters. The molecule has 1 aromatic heterocycles. The monoisotopic (exact) mass is 589 g/mol. The molecule has 1 amide bonds. The van der Waals surface area contributed by atoms with Gasteiger partial charge in [-0.1, -0.05) is 19.1 Å². The Labute approximate surface area is 240 Å². The number of alkyl halides is 5. The van der Waals surface area contributed by atoms with Gasteiger partial charge in [0.15, 0.2) is 0 Å². The van der Waals surface area contributed by atoms with Crippen molar-refractivity contribution >= 4 is 11.6 Å². The van der Waals surface area contributed by atoms with E-state index in [1.807, 2.05) is 23.7 Å². The minimum atomic E-state index is -4.68. The van der Waals surface area contributed by atoms with Crippen molar-refractivity contribution in [2.24, 2.45) is 13.0 Å². The van der Waals surface area contributed by atoms with Crippen LogP contribution in [0.15, 0.2) is 42.7 Å². The van der Waals surface area contributed by atoms with Gasteiger partial charge in [0.2, 0.25) is 0 Å². The van der Waals surface area contributed by atoms with Crippen LogP contribution in [0.25, 0.3) is 0 Å². The molecule has 0 N–H and O–H groups in total. The molecule has 7 nitrogen and oxygen atoms in total. The smallest absolute Gasteiger partial charge is 0.381 e. The minimum Gasteiger partial charge on any atom is -0.381 e. The van der Waals surface area contributed by atoms with Gasteiger partial charge >= 0.3 is 6.18 Å². The molecule has 1 aliphatic carbocycles. The summed E-state index contributed by atoms with van der Waals surface area (Å²) in [6.07, 6.45) is -2.10. The summed E-state index contributed by atoms with van der Waals surface area (Å²) in [4.78, 5) is 16.8. The third-order valence-corrected chi connectivity index (χ3v) is 9.16. The SMILES string of the molecule is COC1CC(c2cccc(N3Cc4c(cc(CN5CCC(F)(F)[C@H](C)C5)cc4C(F)(F)F)C3=O)c2)(c2nncn2C)C1. The second kappa shape index (κ2) is 10.1.